The first-order chi connectivity index (χ1) is 8.56. The minimum absolute atomic E-state index is 0.0445. The molecule has 0 fully saturated rings. The molecule has 0 bridgehead atoms. The molecule has 2 rings (SSSR count). The summed E-state index contributed by atoms with van der Waals surface area (Å²) in [4.78, 5) is 11.3. The lowest BCUT2D eigenvalue weighted by atomic mass is 10.1. The van der Waals surface area contributed by atoms with Gasteiger partial charge >= 0.3 is 0 Å². The van der Waals surface area contributed by atoms with E-state index in [1.165, 1.54) is 22.8 Å². The third-order valence-corrected chi connectivity index (χ3v) is 2.84. The fourth-order valence-corrected chi connectivity index (χ4v) is 1.76. The molecule has 1 unspecified atom stereocenters. The highest BCUT2D eigenvalue weighted by atomic mass is 19.1. The van der Waals surface area contributed by atoms with Gasteiger partial charge in [-0.1, -0.05) is 12.1 Å². The van der Waals surface area contributed by atoms with Crippen LogP contribution >= 0.6 is 0 Å². The summed E-state index contributed by atoms with van der Waals surface area (Å²) in [7, 11) is 1.70. The number of anilines is 1. The predicted octanol–water partition coefficient (Wildman–Crippen LogP) is 2.70. The number of nitrogens with zero attached hydrogens (tertiary/aromatic N) is 1. The summed E-state index contributed by atoms with van der Waals surface area (Å²) in [5.74, 6) is -0.243. The molecule has 2 aromatic rings. The largest absolute Gasteiger partial charge is 0.377 e. The van der Waals surface area contributed by atoms with Crippen molar-refractivity contribution in [3.63, 3.8) is 0 Å². The van der Waals surface area contributed by atoms with E-state index in [2.05, 4.69) is 5.32 Å². The molecule has 0 amide bonds. The van der Waals surface area contributed by atoms with Gasteiger partial charge in [-0.3, -0.25) is 4.79 Å². The number of halogens is 1. The van der Waals surface area contributed by atoms with E-state index >= 15 is 0 Å². The number of hydrogen-bond acceptors (Lipinski definition) is 2. The lowest BCUT2D eigenvalue weighted by molar-refractivity contribution is 0.626. The molecule has 3 nitrogen and oxygen atoms in total. The molecule has 0 radical (unpaired) electrons. The van der Waals surface area contributed by atoms with E-state index in [9.17, 15) is 9.18 Å². The molecule has 0 saturated heterocycles. The predicted molar refractivity (Wildman–Crippen MR) is 70.1 cm³/mol. The standard InChI is InChI=1S/C14H15FN2O/c1-10(11-3-5-12(15)6-4-11)16-13-7-8-14(18)17(2)9-13/h3-10,16H,1-2H3. The van der Waals surface area contributed by atoms with Crippen molar-refractivity contribution in [2.45, 2.75) is 13.0 Å². The van der Waals surface area contributed by atoms with E-state index in [4.69, 9.17) is 0 Å². The molecule has 1 atom stereocenters. The van der Waals surface area contributed by atoms with Gasteiger partial charge in [-0.2, -0.15) is 0 Å². The summed E-state index contributed by atoms with van der Waals surface area (Å²) >= 11 is 0. The molecule has 0 aliphatic heterocycles. The third-order valence-electron chi connectivity index (χ3n) is 2.84. The van der Waals surface area contributed by atoms with Crippen molar-refractivity contribution >= 4 is 5.69 Å². The van der Waals surface area contributed by atoms with Crippen LogP contribution in [0.4, 0.5) is 10.1 Å². The lowest BCUT2D eigenvalue weighted by Gasteiger charge is -2.16. The molecular weight excluding hydrogens is 231 g/mol. The zero-order valence-corrected chi connectivity index (χ0v) is 10.4. The Bertz CT molecular complexity index is 589. The van der Waals surface area contributed by atoms with Crippen LogP contribution in [0.1, 0.15) is 18.5 Å². The third kappa shape index (κ3) is 2.77. The van der Waals surface area contributed by atoms with Crippen LogP contribution in [0, 0.1) is 5.82 Å². The number of hydrogen-bond donors (Lipinski definition) is 1. The van der Waals surface area contributed by atoms with Gasteiger partial charge in [0, 0.05) is 25.4 Å². The van der Waals surface area contributed by atoms with Gasteiger partial charge < -0.3 is 9.88 Å². The second-order valence-corrected chi connectivity index (χ2v) is 4.28. The Kier molecular flexibility index (Phi) is 3.46. The molecule has 1 aromatic heterocycles. The summed E-state index contributed by atoms with van der Waals surface area (Å²) in [6.07, 6.45) is 1.74. The maximum atomic E-state index is 12.8. The van der Waals surface area contributed by atoms with Crippen LogP contribution in [0.3, 0.4) is 0 Å². The molecule has 0 aliphatic carbocycles. The SMILES string of the molecule is CC(Nc1ccc(=O)n(C)c1)c1ccc(F)cc1. The smallest absolute Gasteiger partial charge is 0.250 e. The van der Waals surface area contributed by atoms with Crippen molar-refractivity contribution in [1.82, 2.24) is 4.57 Å². The van der Waals surface area contributed by atoms with Crippen molar-refractivity contribution in [2.24, 2.45) is 7.05 Å². The van der Waals surface area contributed by atoms with E-state index in [1.54, 1.807) is 31.4 Å². The summed E-state index contributed by atoms with van der Waals surface area (Å²) in [5, 5.41) is 3.26. The Morgan fingerprint density at radius 2 is 1.83 bits per heavy atom. The first-order valence-corrected chi connectivity index (χ1v) is 5.75. The van der Waals surface area contributed by atoms with Gasteiger partial charge in [-0.05, 0) is 30.7 Å². The average molecular weight is 246 g/mol. The second-order valence-electron chi connectivity index (χ2n) is 4.28. The quantitative estimate of drug-likeness (QED) is 0.903. The summed E-state index contributed by atoms with van der Waals surface area (Å²) in [5.41, 5.74) is 1.80. The first kappa shape index (κ1) is 12.4. The van der Waals surface area contributed by atoms with Gasteiger partial charge in [0.05, 0.1) is 5.69 Å². The number of benzene rings is 1. The maximum absolute atomic E-state index is 12.8. The van der Waals surface area contributed by atoms with Gasteiger partial charge in [-0.25, -0.2) is 4.39 Å². The fraction of sp³-hybridized carbons (Fsp3) is 0.214. The maximum Gasteiger partial charge on any atom is 0.250 e. The Morgan fingerprint density at radius 3 is 2.44 bits per heavy atom. The highest BCUT2D eigenvalue weighted by Crippen LogP contribution is 2.18. The Hall–Kier alpha value is -2.10. The van der Waals surface area contributed by atoms with Gasteiger partial charge in [0.1, 0.15) is 5.82 Å². The van der Waals surface area contributed by atoms with Gasteiger partial charge in [-0.15, -0.1) is 0 Å². The summed E-state index contributed by atoms with van der Waals surface area (Å²) in [6.45, 7) is 1.98. The molecule has 0 aliphatic rings. The number of aryl methyl sites for hydroxylation is 1. The summed E-state index contributed by atoms with van der Waals surface area (Å²) in [6, 6.07) is 9.66. The number of nitrogens with one attached hydrogen (secondary N) is 1. The van der Waals surface area contributed by atoms with E-state index in [-0.39, 0.29) is 17.4 Å². The highest BCUT2D eigenvalue weighted by Gasteiger charge is 2.05. The Balaban J connectivity index is 2.15. The van der Waals surface area contributed by atoms with Gasteiger partial charge in [0.15, 0.2) is 0 Å². The van der Waals surface area contributed by atoms with Crippen LogP contribution in [0.15, 0.2) is 47.4 Å². The molecule has 4 heteroatoms. The van der Waals surface area contributed by atoms with Crippen LogP contribution < -0.4 is 10.9 Å². The minimum atomic E-state index is -0.243. The molecule has 0 spiro atoms. The molecular formula is C14H15FN2O. The van der Waals surface area contributed by atoms with Gasteiger partial charge in [0.25, 0.3) is 0 Å². The van der Waals surface area contributed by atoms with E-state index in [0.717, 1.165) is 11.3 Å². The zero-order valence-electron chi connectivity index (χ0n) is 10.4. The molecule has 1 heterocycles. The fourth-order valence-electron chi connectivity index (χ4n) is 1.76. The molecule has 94 valence electrons. The van der Waals surface area contributed by atoms with E-state index in [0.29, 0.717) is 0 Å². The first-order valence-electron chi connectivity index (χ1n) is 5.75. The normalized spacial score (nSPS) is 12.2. The van der Waals surface area contributed by atoms with Crippen molar-refractivity contribution in [3.8, 4) is 0 Å². The topological polar surface area (TPSA) is 34.0 Å². The van der Waals surface area contributed by atoms with Crippen molar-refractivity contribution in [1.29, 1.82) is 0 Å². The molecule has 18 heavy (non-hydrogen) atoms. The molecule has 1 N–H and O–H groups in total. The summed E-state index contributed by atoms with van der Waals surface area (Å²) < 4.78 is 14.3. The average Bonchev–Trinajstić information content (AvgIpc) is 2.34. The molecule has 1 aromatic carbocycles. The van der Waals surface area contributed by atoms with Gasteiger partial charge in [0.2, 0.25) is 5.56 Å². The molecule has 0 saturated carbocycles. The van der Waals surface area contributed by atoms with Crippen LogP contribution in [0.25, 0.3) is 0 Å². The zero-order chi connectivity index (χ0) is 13.1. The van der Waals surface area contributed by atoms with E-state index < -0.39 is 0 Å². The monoisotopic (exact) mass is 246 g/mol. The second kappa shape index (κ2) is 5.04. The lowest BCUT2D eigenvalue weighted by Crippen LogP contribution is -2.16. The Morgan fingerprint density at radius 1 is 1.17 bits per heavy atom. The number of pyridine rings is 1. The van der Waals surface area contributed by atoms with E-state index in [1.807, 2.05) is 6.92 Å². The van der Waals surface area contributed by atoms with Crippen molar-refractivity contribution < 1.29 is 4.39 Å². The van der Waals surface area contributed by atoms with Crippen LogP contribution in [-0.2, 0) is 7.05 Å². The van der Waals surface area contributed by atoms with Crippen molar-refractivity contribution in [2.75, 3.05) is 5.32 Å². The minimum Gasteiger partial charge on any atom is -0.377 e. The van der Waals surface area contributed by atoms with Crippen LogP contribution in [0.2, 0.25) is 0 Å². The van der Waals surface area contributed by atoms with Crippen molar-refractivity contribution in [3.05, 3.63) is 64.3 Å². The van der Waals surface area contributed by atoms with Crippen LogP contribution in [-0.4, -0.2) is 4.57 Å². The highest BCUT2D eigenvalue weighted by molar-refractivity contribution is 5.43. The van der Waals surface area contributed by atoms with Crippen LogP contribution in [0.5, 0.6) is 0 Å². The Labute approximate surface area is 105 Å². The number of rotatable bonds is 3. The number of aromatic nitrogens is 1.